The van der Waals surface area contributed by atoms with Gasteiger partial charge in [-0.25, -0.2) is 0 Å². The third kappa shape index (κ3) is 3.02. The molecule has 0 spiro atoms. The maximum absolute atomic E-state index is 10.7. The van der Waals surface area contributed by atoms with Crippen molar-refractivity contribution in [3.8, 4) is 0 Å². The highest BCUT2D eigenvalue weighted by molar-refractivity contribution is 5.46. The van der Waals surface area contributed by atoms with E-state index in [1.165, 1.54) is 32.1 Å². The van der Waals surface area contributed by atoms with Gasteiger partial charge in [-0.2, -0.15) is 0 Å². The lowest BCUT2D eigenvalue weighted by Crippen LogP contribution is -2.45. The van der Waals surface area contributed by atoms with Gasteiger partial charge in [0.25, 0.3) is 0 Å². The first-order valence-electron chi connectivity index (χ1n) is 7.30. The maximum Gasteiger partial charge on any atom is 0.207 e. The average molecular weight is 239 g/mol. The molecule has 0 bridgehead atoms. The van der Waals surface area contributed by atoms with E-state index in [1.807, 2.05) is 0 Å². The summed E-state index contributed by atoms with van der Waals surface area (Å²) in [6.45, 7) is 9.39. The second-order valence-corrected chi connectivity index (χ2v) is 5.93. The van der Waals surface area contributed by atoms with Gasteiger partial charge in [0.1, 0.15) is 0 Å². The third-order valence-electron chi connectivity index (χ3n) is 5.31. The lowest BCUT2D eigenvalue weighted by atomic mass is 9.57. The van der Waals surface area contributed by atoms with E-state index in [0.717, 1.165) is 24.7 Å². The van der Waals surface area contributed by atoms with Crippen LogP contribution < -0.4 is 5.32 Å². The van der Waals surface area contributed by atoms with E-state index >= 15 is 0 Å². The summed E-state index contributed by atoms with van der Waals surface area (Å²) in [5.41, 5.74) is 0.447. The Morgan fingerprint density at radius 3 is 2.35 bits per heavy atom. The van der Waals surface area contributed by atoms with Crippen LogP contribution >= 0.6 is 0 Å². The number of carbonyl (C=O) groups excluding carboxylic acids is 1. The Morgan fingerprint density at radius 1 is 1.29 bits per heavy atom. The van der Waals surface area contributed by atoms with Crippen molar-refractivity contribution in [2.24, 2.45) is 17.3 Å². The first-order chi connectivity index (χ1) is 8.10. The molecule has 0 heterocycles. The van der Waals surface area contributed by atoms with Crippen LogP contribution in [0.25, 0.3) is 0 Å². The number of rotatable bonds is 6. The van der Waals surface area contributed by atoms with E-state index in [1.54, 1.807) is 0 Å². The molecule has 1 rings (SSSR count). The Labute approximate surface area is 107 Å². The molecule has 17 heavy (non-hydrogen) atoms. The van der Waals surface area contributed by atoms with Crippen molar-refractivity contribution in [1.82, 2.24) is 5.32 Å². The molecule has 1 saturated carbocycles. The zero-order valence-electron chi connectivity index (χ0n) is 12.0. The molecule has 3 atom stereocenters. The van der Waals surface area contributed by atoms with Crippen molar-refractivity contribution in [3.63, 3.8) is 0 Å². The molecule has 0 aromatic heterocycles. The predicted octanol–water partition coefficient (Wildman–Crippen LogP) is 3.75. The molecular weight excluding hydrogens is 210 g/mol. The molecule has 0 radical (unpaired) electrons. The van der Waals surface area contributed by atoms with Gasteiger partial charge in [-0.15, -0.1) is 0 Å². The topological polar surface area (TPSA) is 29.1 Å². The molecule has 2 nitrogen and oxygen atoms in total. The summed E-state index contributed by atoms with van der Waals surface area (Å²) in [6, 6.07) is 0.407. The average Bonchev–Trinajstić information content (AvgIpc) is 2.37. The number of hydrogen-bond acceptors (Lipinski definition) is 1. The number of hydrogen-bond donors (Lipinski definition) is 1. The lowest BCUT2D eigenvalue weighted by molar-refractivity contribution is -0.111. The van der Waals surface area contributed by atoms with Gasteiger partial charge in [-0.1, -0.05) is 47.0 Å². The van der Waals surface area contributed by atoms with E-state index < -0.39 is 0 Å². The molecule has 0 aromatic carbocycles. The molecule has 100 valence electrons. The highest BCUT2D eigenvalue weighted by atomic mass is 16.1. The number of amides is 1. The van der Waals surface area contributed by atoms with Crippen molar-refractivity contribution in [2.75, 3.05) is 0 Å². The quantitative estimate of drug-likeness (QED) is 0.703. The molecule has 1 fully saturated rings. The van der Waals surface area contributed by atoms with Crippen LogP contribution in [0.3, 0.4) is 0 Å². The molecule has 1 aliphatic rings. The van der Waals surface area contributed by atoms with E-state index in [2.05, 4.69) is 33.0 Å². The molecule has 0 saturated heterocycles. The minimum Gasteiger partial charge on any atom is -0.356 e. The van der Waals surface area contributed by atoms with Crippen LogP contribution in [0.4, 0.5) is 0 Å². The van der Waals surface area contributed by atoms with Crippen molar-refractivity contribution in [2.45, 2.75) is 72.3 Å². The van der Waals surface area contributed by atoms with E-state index in [0.29, 0.717) is 11.5 Å². The van der Waals surface area contributed by atoms with Crippen molar-refractivity contribution in [3.05, 3.63) is 0 Å². The highest BCUT2D eigenvalue weighted by Crippen LogP contribution is 2.50. The summed E-state index contributed by atoms with van der Waals surface area (Å²) in [6.07, 6.45) is 8.32. The Kier molecular flexibility index (Phi) is 5.48. The largest absolute Gasteiger partial charge is 0.356 e. The predicted molar refractivity (Wildman–Crippen MR) is 72.8 cm³/mol. The van der Waals surface area contributed by atoms with Crippen LogP contribution in [-0.4, -0.2) is 12.5 Å². The van der Waals surface area contributed by atoms with Crippen molar-refractivity contribution >= 4 is 6.41 Å². The van der Waals surface area contributed by atoms with Gasteiger partial charge in [-0.3, -0.25) is 4.79 Å². The van der Waals surface area contributed by atoms with Crippen LogP contribution in [0.2, 0.25) is 0 Å². The number of nitrogens with one attached hydrogen (secondary N) is 1. The van der Waals surface area contributed by atoms with Gasteiger partial charge in [0.05, 0.1) is 0 Å². The van der Waals surface area contributed by atoms with Gasteiger partial charge >= 0.3 is 0 Å². The zero-order valence-corrected chi connectivity index (χ0v) is 12.0. The van der Waals surface area contributed by atoms with Crippen LogP contribution in [-0.2, 0) is 4.79 Å². The van der Waals surface area contributed by atoms with Gasteiger partial charge in [-0.05, 0) is 36.5 Å². The summed E-state index contributed by atoms with van der Waals surface area (Å²) in [5.74, 6) is 1.52. The molecule has 3 unspecified atom stereocenters. The van der Waals surface area contributed by atoms with Gasteiger partial charge in [0, 0.05) is 6.04 Å². The van der Waals surface area contributed by atoms with Crippen LogP contribution in [0.5, 0.6) is 0 Å². The summed E-state index contributed by atoms with van der Waals surface area (Å²) in [5, 5.41) is 3.02. The molecular formula is C15H29NO. The second kappa shape index (κ2) is 6.42. The Bertz CT molecular complexity index is 229. The maximum atomic E-state index is 10.7. The Morgan fingerprint density at radius 2 is 1.88 bits per heavy atom. The van der Waals surface area contributed by atoms with Crippen molar-refractivity contribution < 1.29 is 4.79 Å². The first kappa shape index (κ1) is 14.5. The molecule has 1 N–H and O–H groups in total. The highest BCUT2D eigenvalue weighted by Gasteiger charge is 2.43. The van der Waals surface area contributed by atoms with Gasteiger partial charge in [0.2, 0.25) is 6.41 Å². The molecule has 0 aliphatic heterocycles. The molecule has 0 aromatic rings. The van der Waals surface area contributed by atoms with Crippen molar-refractivity contribution in [1.29, 1.82) is 0 Å². The zero-order chi connectivity index (χ0) is 12.9. The third-order valence-corrected chi connectivity index (χ3v) is 5.31. The SMILES string of the molecule is CCC(C)C1(C(C)CC)CCCC(NC=O)C1. The standard InChI is InChI=1S/C15H29NO/c1-5-12(3)15(13(4)6-2)9-7-8-14(10-15)16-11-17/h11-14H,5-10H2,1-4H3,(H,16,17). The fourth-order valence-corrected chi connectivity index (χ4v) is 3.77. The molecule has 1 aliphatic carbocycles. The monoisotopic (exact) mass is 239 g/mol. The fourth-order valence-electron chi connectivity index (χ4n) is 3.77. The van der Waals surface area contributed by atoms with Crippen LogP contribution in [0, 0.1) is 17.3 Å². The summed E-state index contributed by atoms with van der Waals surface area (Å²) < 4.78 is 0. The normalized spacial score (nSPS) is 32.8. The minimum absolute atomic E-state index is 0.407. The molecule has 1 amide bonds. The van der Waals surface area contributed by atoms with E-state index in [9.17, 15) is 4.79 Å². The van der Waals surface area contributed by atoms with Crippen LogP contribution in [0.1, 0.15) is 66.2 Å². The lowest BCUT2D eigenvalue weighted by Gasteiger charge is -2.49. The van der Waals surface area contributed by atoms with Gasteiger partial charge in [0.15, 0.2) is 0 Å². The second-order valence-electron chi connectivity index (χ2n) is 5.93. The minimum atomic E-state index is 0.407. The summed E-state index contributed by atoms with van der Waals surface area (Å²) >= 11 is 0. The summed E-state index contributed by atoms with van der Waals surface area (Å²) in [7, 11) is 0. The molecule has 2 heteroatoms. The first-order valence-corrected chi connectivity index (χ1v) is 7.30. The number of carbonyl (C=O) groups is 1. The Balaban J connectivity index is 2.85. The van der Waals surface area contributed by atoms with Crippen LogP contribution in [0.15, 0.2) is 0 Å². The van der Waals surface area contributed by atoms with Gasteiger partial charge < -0.3 is 5.32 Å². The van der Waals surface area contributed by atoms with E-state index in [-0.39, 0.29) is 0 Å². The smallest absolute Gasteiger partial charge is 0.207 e. The summed E-state index contributed by atoms with van der Waals surface area (Å²) in [4.78, 5) is 10.7. The van der Waals surface area contributed by atoms with E-state index in [4.69, 9.17) is 0 Å². The Hall–Kier alpha value is -0.530. The fraction of sp³-hybridized carbons (Fsp3) is 0.933.